The number of aromatic nitrogens is 3. The van der Waals surface area contributed by atoms with Crippen LogP contribution in [0.1, 0.15) is 21.7 Å². The lowest BCUT2D eigenvalue weighted by molar-refractivity contribution is 0.102. The Hall–Kier alpha value is -2.21. The van der Waals surface area contributed by atoms with Crippen LogP contribution >= 0.6 is 15.9 Å². The van der Waals surface area contributed by atoms with Gasteiger partial charge in [0.1, 0.15) is 0 Å². The van der Waals surface area contributed by atoms with Crippen molar-refractivity contribution in [3.05, 3.63) is 51.8 Å². The van der Waals surface area contributed by atoms with E-state index in [1.54, 1.807) is 10.7 Å². The molecule has 0 spiro atoms. The zero-order valence-corrected chi connectivity index (χ0v) is 14.1. The average Bonchev–Trinajstić information content (AvgIpc) is 2.75. The van der Waals surface area contributed by atoms with E-state index in [0.717, 1.165) is 32.6 Å². The Bertz CT molecular complexity index is 885. The standard InChI is InChI=1S/C16H15BrN4O/c1-9-8-11(14-10(2)20-21(3)15(14)18-9)16(22)19-13-7-5-4-6-12(13)17/h4-8H,1-3H3,(H,19,22). The highest BCUT2D eigenvalue weighted by atomic mass is 79.9. The molecule has 0 radical (unpaired) electrons. The number of carbonyl (C=O) groups is 1. The molecule has 2 heterocycles. The molecule has 0 unspecified atom stereocenters. The van der Waals surface area contributed by atoms with Crippen molar-refractivity contribution in [2.24, 2.45) is 7.05 Å². The molecule has 0 saturated carbocycles. The first-order chi connectivity index (χ1) is 10.5. The fraction of sp³-hybridized carbons (Fsp3) is 0.188. The van der Waals surface area contributed by atoms with Crippen LogP contribution in [-0.2, 0) is 7.05 Å². The highest BCUT2D eigenvalue weighted by Crippen LogP contribution is 2.25. The van der Waals surface area contributed by atoms with Gasteiger partial charge in [0, 0.05) is 17.2 Å². The van der Waals surface area contributed by atoms with Crippen molar-refractivity contribution in [1.82, 2.24) is 14.8 Å². The smallest absolute Gasteiger partial charge is 0.256 e. The maximum Gasteiger partial charge on any atom is 0.256 e. The van der Waals surface area contributed by atoms with Gasteiger partial charge in [0.05, 0.1) is 22.3 Å². The molecule has 3 rings (SSSR count). The number of rotatable bonds is 2. The monoisotopic (exact) mass is 358 g/mol. The van der Waals surface area contributed by atoms with E-state index < -0.39 is 0 Å². The summed E-state index contributed by atoms with van der Waals surface area (Å²) >= 11 is 3.44. The molecule has 2 aromatic heterocycles. The molecule has 0 aliphatic heterocycles. The minimum atomic E-state index is -0.168. The van der Waals surface area contributed by atoms with Gasteiger partial charge in [0.25, 0.3) is 5.91 Å². The Morgan fingerprint density at radius 3 is 2.73 bits per heavy atom. The van der Waals surface area contributed by atoms with Gasteiger partial charge in [0.2, 0.25) is 0 Å². The number of hydrogen-bond acceptors (Lipinski definition) is 3. The van der Waals surface area contributed by atoms with Gasteiger partial charge >= 0.3 is 0 Å². The van der Waals surface area contributed by atoms with E-state index >= 15 is 0 Å². The first kappa shape index (κ1) is 14.7. The van der Waals surface area contributed by atoms with Gasteiger partial charge in [-0.2, -0.15) is 5.10 Å². The van der Waals surface area contributed by atoms with Crippen LogP contribution < -0.4 is 5.32 Å². The number of nitrogens with zero attached hydrogens (tertiary/aromatic N) is 3. The van der Waals surface area contributed by atoms with E-state index in [0.29, 0.717) is 5.56 Å². The summed E-state index contributed by atoms with van der Waals surface area (Å²) in [6, 6.07) is 9.31. The van der Waals surface area contributed by atoms with Crippen molar-refractivity contribution in [1.29, 1.82) is 0 Å². The quantitative estimate of drug-likeness (QED) is 0.761. The fourth-order valence-corrected chi connectivity index (χ4v) is 2.89. The predicted molar refractivity (Wildman–Crippen MR) is 90.1 cm³/mol. The molecule has 0 aliphatic rings. The number of amides is 1. The SMILES string of the molecule is Cc1cc(C(=O)Nc2ccccc2Br)c2c(C)nn(C)c2n1. The van der Waals surface area contributed by atoms with Crippen molar-refractivity contribution < 1.29 is 4.79 Å². The van der Waals surface area contributed by atoms with E-state index in [-0.39, 0.29) is 5.91 Å². The number of hydrogen-bond donors (Lipinski definition) is 1. The van der Waals surface area contributed by atoms with Gasteiger partial charge in [-0.15, -0.1) is 0 Å². The Balaban J connectivity index is 2.10. The molecule has 0 saturated heterocycles. The van der Waals surface area contributed by atoms with Crippen LogP contribution in [0.5, 0.6) is 0 Å². The van der Waals surface area contributed by atoms with Crippen LogP contribution in [0.15, 0.2) is 34.8 Å². The van der Waals surface area contributed by atoms with E-state index in [9.17, 15) is 4.79 Å². The van der Waals surface area contributed by atoms with E-state index in [2.05, 4.69) is 31.3 Å². The molecule has 1 amide bonds. The third-order valence-corrected chi connectivity index (χ3v) is 4.15. The van der Waals surface area contributed by atoms with Crippen molar-refractivity contribution in [2.75, 3.05) is 5.32 Å². The number of aryl methyl sites for hydroxylation is 3. The molecular weight excluding hydrogens is 344 g/mol. The zero-order valence-electron chi connectivity index (χ0n) is 12.5. The van der Waals surface area contributed by atoms with Gasteiger partial charge in [-0.05, 0) is 48.0 Å². The van der Waals surface area contributed by atoms with Crippen LogP contribution in [-0.4, -0.2) is 20.7 Å². The van der Waals surface area contributed by atoms with Crippen LogP contribution in [0, 0.1) is 13.8 Å². The minimum Gasteiger partial charge on any atom is -0.321 e. The number of para-hydroxylation sites is 1. The lowest BCUT2D eigenvalue weighted by Crippen LogP contribution is -2.13. The third-order valence-electron chi connectivity index (χ3n) is 3.46. The van der Waals surface area contributed by atoms with E-state index in [4.69, 9.17) is 0 Å². The summed E-state index contributed by atoms with van der Waals surface area (Å²) in [5.74, 6) is -0.168. The largest absolute Gasteiger partial charge is 0.321 e. The topological polar surface area (TPSA) is 59.8 Å². The Morgan fingerprint density at radius 1 is 1.27 bits per heavy atom. The number of nitrogens with one attached hydrogen (secondary N) is 1. The molecule has 22 heavy (non-hydrogen) atoms. The van der Waals surface area contributed by atoms with E-state index in [1.807, 2.05) is 45.2 Å². The Labute approximate surface area is 136 Å². The summed E-state index contributed by atoms with van der Waals surface area (Å²) in [7, 11) is 1.83. The second-order valence-electron chi connectivity index (χ2n) is 5.15. The third kappa shape index (κ3) is 2.50. The zero-order chi connectivity index (χ0) is 15.9. The Morgan fingerprint density at radius 2 is 2.00 bits per heavy atom. The first-order valence-electron chi connectivity index (χ1n) is 6.84. The van der Waals surface area contributed by atoms with E-state index in [1.165, 1.54) is 0 Å². The summed E-state index contributed by atoms with van der Waals surface area (Å²) in [4.78, 5) is 17.2. The number of anilines is 1. The first-order valence-corrected chi connectivity index (χ1v) is 7.63. The number of halogens is 1. The maximum absolute atomic E-state index is 12.7. The molecule has 0 fully saturated rings. The molecule has 1 N–H and O–H groups in total. The fourth-order valence-electron chi connectivity index (χ4n) is 2.50. The molecule has 6 heteroatoms. The number of fused-ring (bicyclic) bond motifs is 1. The van der Waals surface area contributed by atoms with Gasteiger partial charge in [-0.25, -0.2) is 4.98 Å². The molecule has 0 bridgehead atoms. The lowest BCUT2D eigenvalue weighted by atomic mass is 10.1. The lowest BCUT2D eigenvalue weighted by Gasteiger charge is -2.09. The summed E-state index contributed by atoms with van der Waals surface area (Å²) in [5.41, 5.74) is 3.62. The average molecular weight is 359 g/mol. The normalized spacial score (nSPS) is 10.9. The highest BCUT2D eigenvalue weighted by molar-refractivity contribution is 9.10. The molecule has 0 aliphatic carbocycles. The van der Waals surface area contributed by atoms with Crippen molar-refractivity contribution in [2.45, 2.75) is 13.8 Å². The van der Waals surface area contributed by atoms with Gasteiger partial charge < -0.3 is 5.32 Å². The number of carbonyl (C=O) groups excluding carboxylic acids is 1. The number of pyridine rings is 1. The second kappa shape index (κ2) is 5.53. The van der Waals surface area contributed by atoms with Gasteiger partial charge in [-0.1, -0.05) is 12.1 Å². The van der Waals surface area contributed by atoms with Crippen LogP contribution in [0.3, 0.4) is 0 Å². The van der Waals surface area contributed by atoms with Crippen molar-refractivity contribution >= 4 is 38.6 Å². The molecule has 0 atom stereocenters. The van der Waals surface area contributed by atoms with Gasteiger partial charge in [-0.3, -0.25) is 9.48 Å². The molecule has 3 aromatic rings. The van der Waals surface area contributed by atoms with Crippen molar-refractivity contribution in [3.63, 3.8) is 0 Å². The van der Waals surface area contributed by atoms with Crippen molar-refractivity contribution in [3.8, 4) is 0 Å². The maximum atomic E-state index is 12.7. The predicted octanol–water partition coefficient (Wildman–Crippen LogP) is 3.60. The minimum absolute atomic E-state index is 0.168. The molecule has 1 aromatic carbocycles. The summed E-state index contributed by atoms with van der Waals surface area (Å²) in [5, 5.41) is 8.09. The van der Waals surface area contributed by atoms with Crippen LogP contribution in [0.2, 0.25) is 0 Å². The highest BCUT2D eigenvalue weighted by Gasteiger charge is 2.18. The van der Waals surface area contributed by atoms with Gasteiger partial charge in [0.15, 0.2) is 5.65 Å². The molecule has 112 valence electrons. The summed E-state index contributed by atoms with van der Waals surface area (Å²) < 4.78 is 2.54. The molecular formula is C16H15BrN4O. The summed E-state index contributed by atoms with van der Waals surface area (Å²) in [6.45, 7) is 3.76. The van der Waals surface area contributed by atoms with Crippen LogP contribution in [0.4, 0.5) is 5.69 Å². The van der Waals surface area contributed by atoms with Crippen LogP contribution in [0.25, 0.3) is 11.0 Å². The summed E-state index contributed by atoms with van der Waals surface area (Å²) in [6.07, 6.45) is 0. The number of benzene rings is 1. The molecule has 5 nitrogen and oxygen atoms in total. The Kier molecular flexibility index (Phi) is 3.70. The second-order valence-corrected chi connectivity index (χ2v) is 6.01.